The number of amides is 2. The maximum Gasteiger partial charge on any atom is 0.268 e. The Bertz CT molecular complexity index is 1140. The van der Waals surface area contributed by atoms with Crippen LogP contribution in [-0.2, 0) is 17.8 Å². The van der Waals surface area contributed by atoms with Crippen molar-refractivity contribution in [3.8, 4) is 5.69 Å². The van der Waals surface area contributed by atoms with Gasteiger partial charge in [-0.1, -0.05) is 6.92 Å². The lowest BCUT2D eigenvalue weighted by molar-refractivity contribution is -0.135. The minimum Gasteiger partial charge on any atom is -0.387 e. The summed E-state index contributed by atoms with van der Waals surface area (Å²) in [6.45, 7) is 3.42. The summed E-state index contributed by atoms with van der Waals surface area (Å²) >= 11 is 0. The Balaban J connectivity index is 1.61. The topological polar surface area (TPSA) is 82.9 Å². The first-order chi connectivity index (χ1) is 14.8. The van der Waals surface area contributed by atoms with Gasteiger partial charge in [-0.25, -0.2) is 4.39 Å². The number of pyridine rings is 1. The first-order valence-electron chi connectivity index (χ1n) is 10.5. The second-order valence-corrected chi connectivity index (χ2v) is 9.12. The Morgan fingerprint density at radius 1 is 1.23 bits per heavy atom. The van der Waals surface area contributed by atoms with E-state index in [4.69, 9.17) is 0 Å². The molecule has 0 bridgehead atoms. The van der Waals surface area contributed by atoms with E-state index in [1.807, 2.05) is 0 Å². The molecule has 3 heterocycles. The number of aromatic nitrogens is 1. The van der Waals surface area contributed by atoms with Crippen LogP contribution in [0, 0.1) is 17.2 Å². The summed E-state index contributed by atoms with van der Waals surface area (Å²) in [6, 6.07) is 5.50. The van der Waals surface area contributed by atoms with E-state index in [1.165, 1.54) is 33.7 Å². The summed E-state index contributed by atoms with van der Waals surface area (Å²) in [5.74, 6) is -0.595. The fourth-order valence-corrected chi connectivity index (χ4v) is 5.04. The van der Waals surface area contributed by atoms with Crippen LogP contribution in [0.2, 0.25) is 0 Å². The number of aliphatic hydroxyl groups is 1. The monoisotopic (exact) mass is 425 g/mol. The van der Waals surface area contributed by atoms with Gasteiger partial charge in [0.2, 0.25) is 5.91 Å². The molecule has 8 heteroatoms. The van der Waals surface area contributed by atoms with Crippen molar-refractivity contribution in [1.82, 2.24) is 14.4 Å². The van der Waals surface area contributed by atoms with Gasteiger partial charge in [-0.05, 0) is 59.6 Å². The molecule has 2 aromatic rings. The second-order valence-electron chi connectivity index (χ2n) is 9.12. The van der Waals surface area contributed by atoms with Gasteiger partial charge in [0.15, 0.2) is 0 Å². The van der Waals surface area contributed by atoms with Crippen molar-refractivity contribution < 1.29 is 19.1 Å². The average Bonchev–Trinajstić information content (AvgIpc) is 3.28. The number of hydrogen-bond acceptors (Lipinski definition) is 4. The number of carbonyl (C=O) groups excluding carboxylic acids is 2. The molecule has 2 fully saturated rings. The van der Waals surface area contributed by atoms with Crippen LogP contribution < -0.4 is 5.56 Å². The number of rotatable bonds is 3. The van der Waals surface area contributed by atoms with E-state index in [0.717, 1.165) is 6.42 Å². The third kappa shape index (κ3) is 3.26. The van der Waals surface area contributed by atoms with Crippen molar-refractivity contribution in [3.05, 3.63) is 63.3 Å². The molecule has 0 unspecified atom stereocenters. The Morgan fingerprint density at radius 2 is 1.97 bits per heavy atom. The van der Waals surface area contributed by atoms with Crippen molar-refractivity contribution in [2.45, 2.75) is 26.3 Å². The predicted octanol–water partition coefficient (Wildman–Crippen LogP) is 1.34. The molecule has 0 spiro atoms. The predicted molar refractivity (Wildman–Crippen MR) is 110 cm³/mol. The summed E-state index contributed by atoms with van der Waals surface area (Å²) in [5.41, 5.74) is 1.68. The van der Waals surface area contributed by atoms with Crippen molar-refractivity contribution in [3.63, 3.8) is 0 Å². The van der Waals surface area contributed by atoms with Gasteiger partial charge in [0.05, 0.1) is 0 Å². The highest BCUT2D eigenvalue weighted by Gasteiger charge is 2.57. The fraction of sp³-hybridized carbons (Fsp3) is 0.435. The van der Waals surface area contributed by atoms with Gasteiger partial charge in [-0.3, -0.25) is 19.0 Å². The van der Waals surface area contributed by atoms with Crippen LogP contribution in [-0.4, -0.2) is 57.5 Å². The molecule has 1 saturated heterocycles. The number of aliphatic hydroxyl groups excluding tert-OH is 1. The molecule has 1 aromatic heterocycles. The number of nitrogens with zero attached hydrogens (tertiary/aromatic N) is 3. The lowest BCUT2D eigenvalue weighted by Crippen LogP contribution is -2.43. The van der Waals surface area contributed by atoms with Crippen molar-refractivity contribution in [2.75, 3.05) is 26.2 Å². The molecule has 2 amide bonds. The molecule has 2 aliphatic heterocycles. The number of halogens is 1. The van der Waals surface area contributed by atoms with Gasteiger partial charge in [0, 0.05) is 38.1 Å². The summed E-state index contributed by atoms with van der Waals surface area (Å²) in [5, 5.41) is 9.23. The molecule has 3 aliphatic rings. The zero-order valence-corrected chi connectivity index (χ0v) is 17.3. The maximum atomic E-state index is 13.5. The first kappa shape index (κ1) is 19.9. The fourth-order valence-electron chi connectivity index (χ4n) is 5.04. The maximum absolute atomic E-state index is 13.5. The summed E-state index contributed by atoms with van der Waals surface area (Å²) in [4.78, 5) is 42.3. The zero-order valence-electron chi connectivity index (χ0n) is 17.3. The van der Waals surface area contributed by atoms with Gasteiger partial charge >= 0.3 is 0 Å². The minimum atomic E-state index is -0.591. The molecule has 1 saturated carbocycles. The van der Waals surface area contributed by atoms with Gasteiger partial charge in [-0.15, -0.1) is 0 Å². The van der Waals surface area contributed by atoms with Crippen LogP contribution in [0.15, 0.2) is 35.3 Å². The molecule has 7 nitrogen and oxygen atoms in total. The van der Waals surface area contributed by atoms with Gasteiger partial charge in [0.1, 0.15) is 18.0 Å². The molecule has 162 valence electrons. The van der Waals surface area contributed by atoms with Gasteiger partial charge < -0.3 is 14.9 Å². The van der Waals surface area contributed by atoms with Gasteiger partial charge in [-0.2, -0.15) is 0 Å². The van der Waals surface area contributed by atoms with Crippen LogP contribution in [0.4, 0.5) is 4.39 Å². The number of carbonyl (C=O) groups is 2. The smallest absolute Gasteiger partial charge is 0.268 e. The first-order valence-corrected chi connectivity index (χ1v) is 10.5. The van der Waals surface area contributed by atoms with Crippen molar-refractivity contribution >= 4 is 11.8 Å². The van der Waals surface area contributed by atoms with Crippen LogP contribution in [0.1, 0.15) is 34.8 Å². The summed E-state index contributed by atoms with van der Waals surface area (Å²) < 4.78 is 14.8. The number of fused-ring (bicyclic) bond motifs is 2. The van der Waals surface area contributed by atoms with E-state index in [0.29, 0.717) is 48.8 Å². The third-order valence-electron chi connectivity index (χ3n) is 7.02. The number of benzene rings is 1. The SMILES string of the molecule is C[C@]12C[C@H]1CN(C(=O)c1c3c(cn(-c4ccc(F)cc4)c1=O)CN(C(=O)CO)CC3)C2. The normalized spacial score (nSPS) is 24.0. The molecule has 1 aliphatic carbocycles. The average molecular weight is 425 g/mol. The molecular formula is C23H24FN3O4. The second kappa shape index (κ2) is 7.02. The van der Waals surface area contributed by atoms with Crippen LogP contribution in [0.25, 0.3) is 5.69 Å². The van der Waals surface area contributed by atoms with Crippen LogP contribution >= 0.6 is 0 Å². The molecule has 2 atom stereocenters. The standard InChI is InChI=1S/C23H24FN3O4/c1-23-8-15(23)11-26(13-23)21(30)20-18-6-7-25(19(29)12-28)9-14(18)10-27(22(20)31)17-4-2-16(24)3-5-17/h2-5,10,15,28H,6-9,11-13H2,1H3/t15-,23+/m0/s1. The Kier molecular flexibility index (Phi) is 4.51. The lowest BCUT2D eigenvalue weighted by atomic mass is 9.95. The van der Waals surface area contributed by atoms with E-state index in [2.05, 4.69) is 6.92 Å². The van der Waals surface area contributed by atoms with Crippen molar-refractivity contribution in [2.24, 2.45) is 11.3 Å². The minimum absolute atomic E-state index is 0.142. The highest BCUT2D eigenvalue weighted by Crippen LogP contribution is 2.57. The van der Waals surface area contributed by atoms with Crippen LogP contribution in [0.5, 0.6) is 0 Å². The van der Waals surface area contributed by atoms with E-state index in [9.17, 15) is 23.9 Å². The molecule has 31 heavy (non-hydrogen) atoms. The summed E-state index contributed by atoms with van der Waals surface area (Å²) in [6.07, 6.45) is 3.11. The largest absolute Gasteiger partial charge is 0.387 e. The van der Waals surface area contributed by atoms with Gasteiger partial charge in [0.25, 0.3) is 11.5 Å². The molecule has 1 aromatic carbocycles. The Hall–Kier alpha value is -3.00. The van der Waals surface area contributed by atoms with E-state index < -0.39 is 23.9 Å². The quantitative estimate of drug-likeness (QED) is 0.805. The van der Waals surface area contributed by atoms with Crippen molar-refractivity contribution in [1.29, 1.82) is 0 Å². The lowest BCUT2D eigenvalue weighted by Gasteiger charge is -2.31. The Morgan fingerprint density at radius 3 is 2.61 bits per heavy atom. The number of piperidine rings is 1. The number of likely N-dealkylation sites (tertiary alicyclic amines) is 1. The highest BCUT2D eigenvalue weighted by molar-refractivity contribution is 5.96. The molecule has 1 N–H and O–H groups in total. The Labute approximate surface area is 178 Å². The molecule has 5 rings (SSSR count). The zero-order chi connectivity index (χ0) is 21.9. The van der Waals surface area contributed by atoms with E-state index in [1.54, 1.807) is 11.1 Å². The number of hydrogen-bond donors (Lipinski definition) is 1. The molecular weight excluding hydrogens is 401 g/mol. The van der Waals surface area contributed by atoms with E-state index >= 15 is 0 Å². The highest BCUT2D eigenvalue weighted by atomic mass is 19.1. The molecule has 0 radical (unpaired) electrons. The third-order valence-corrected chi connectivity index (χ3v) is 7.02. The summed E-state index contributed by atoms with van der Waals surface area (Å²) in [7, 11) is 0. The van der Waals surface area contributed by atoms with Crippen LogP contribution in [0.3, 0.4) is 0 Å². The van der Waals surface area contributed by atoms with E-state index in [-0.39, 0.29) is 23.4 Å².